The zero-order valence-electron chi connectivity index (χ0n) is 15.2. The second kappa shape index (κ2) is 6.12. The summed E-state index contributed by atoms with van der Waals surface area (Å²) in [5.74, 6) is 2.22. The Bertz CT molecular complexity index is 613. The van der Waals surface area contributed by atoms with Gasteiger partial charge in [0.05, 0.1) is 12.0 Å². The van der Waals surface area contributed by atoms with Crippen molar-refractivity contribution >= 4 is 11.6 Å². The second-order valence-corrected chi connectivity index (χ2v) is 8.87. The third kappa shape index (κ3) is 2.54. The number of fused-ring (bicyclic) bond motifs is 2. The zero-order chi connectivity index (χ0) is 16.9. The van der Waals surface area contributed by atoms with Crippen LogP contribution in [0.3, 0.4) is 0 Å². The minimum absolute atomic E-state index is 0.110. The summed E-state index contributed by atoms with van der Waals surface area (Å²) in [7, 11) is 0. The third-order valence-corrected chi connectivity index (χ3v) is 7.63. The highest BCUT2D eigenvalue weighted by Crippen LogP contribution is 2.47. The molecule has 134 valence electrons. The molecule has 25 heavy (non-hydrogen) atoms. The average molecular weight is 338 g/mol. The lowest BCUT2D eigenvalue weighted by molar-refractivity contribution is -0.130. The predicted molar refractivity (Wildman–Crippen MR) is 101 cm³/mol. The van der Waals surface area contributed by atoms with Crippen molar-refractivity contribution in [1.82, 2.24) is 4.90 Å². The van der Waals surface area contributed by atoms with Crippen LogP contribution in [0.25, 0.3) is 0 Å². The smallest absolute Gasteiger partial charge is 0.229 e. The van der Waals surface area contributed by atoms with Gasteiger partial charge in [-0.05, 0) is 62.5 Å². The normalized spacial score (nSPS) is 34.8. The van der Waals surface area contributed by atoms with Gasteiger partial charge in [-0.3, -0.25) is 9.69 Å². The summed E-state index contributed by atoms with van der Waals surface area (Å²) in [6, 6.07) is 11.2. The van der Waals surface area contributed by atoms with Crippen molar-refractivity contribution in [3.05, 3.63) is 30.3 Å². The first-order chi connectivity index (χ1) is 12.3. The maximum atomic E-state index is 12.4. The zero-order valence-corrected chi connectivity index (χ0v) is 15.2. The fourth-order valence-electron chi connectivity index (χ4n) is 6.48. The van der Waals surface area contributed by atoms with Crippen LogP contribution < -0.4 is 4.90 Å². The van der Waals surface area contributed by atoms with E-state index in [1.54, 1.807) is 0 Å². The predicted octanol–water partition coefficient (Wildman–Crippen LogP) is 4.23. The fraction of sp³-hybridized carbons (Fsp3) is 0.682. The number of hydrogen-bond donors (Lipinski definition) is 0. The first-order valence-electron chi connectivity index (χ1n) is 10.4. The first kappa shape index (κ1) is 15.9. The molecule has 1 amide bonds. The molecule has 4 aliphatic rings. The Balaban J connectivity index is 1.30. The SMILES string of the molecule is O=C1CC2(CCN(C3C4CCCC3CCC4)CC2)N1c1ccccc1. The van der Waals surface area contributed by atoms with E-state index in [2.05, 4.69) is 21.9 Å². The van der Waals surface area contributed by atoms with E-state index in [4.69, 9.17) is 0 Å². The van der Waals surface area contributed by atoms with E-state index < -0.39 is 0 Å². The van der Waals surface area contributed by atoms with Gasteiger partial charge in [-0.2, -0.15) is 0 Å². The minimum Gasteiger partial charge on any atom is -0.306 e. The van der Waals surface area contributed by atoms with Gasteiger partial charge in [0.15, 0.2) is 0 Å². The first-order valence-corrected chi connectivity index (χ1v) is 10.4. The third-order valence-electron chi connectivity index (χ3n) is 7.63. The number of rotatable bonds is 2. The molecule has 5 rings (SSSR count). The monoisotopic (exact) mass is 338 g/mol. The Morgan fingerprint density at radius 2 is 1.48 bits per heavy atom. The van der Waals surface area contributed by atoms with Crippen molar-refractivity contribution in [2.45, 2.75) is 69.4 Å². The van der Waals surface area contributed by atoms with Gasteiger partial charge < -0.3 is 4.90 Å². The van der Waals surface area contributed by atoms with Gasteiger partial charge in [-0.1, -0.05) is 31.0 Å². The van der Waals surface area contributed by atoms with Crippen molar-refractivity contribution in [2.24, 2.45) is 11.8 Å². The molecule has 2 saturated carbocycles. The highest BCUT2D eigenvalue weighted by Gasteiger charge is 2.54. The summed E-state index contributed by atoms with van der Waals surface area (Å²) in [5, 5.41) is 0. The van der Waals surface area contributed by atoms with Crippen LogP contribution in [0.15, 0.2) is 30.3 Å². The van der Waals surface area contributed by atoms with E-state index in [-0.39, 0.29) is 5.54 Å². The molecule has 0 radical (unpaired) electrons. The standard InChI is InChI=1S/C22H30N2O/c25-20-16-22(24(20)19-10-2-1-3-11-19)12-14-23(15-13-22)21-17-6-4-7-18(21)9-5-8-17/h1-3,10-11,17-18,21H,4-9,12-16H2. The molecule has 2 aliphatic heterocycles. The van der Waals surface area contributed by atoms with Crippen molar-refractivity contribution in [2.75, 3.05) is 18.0 Å². The maximum Gasteiger partial charge on any atom is 0.229 e. The Morgan fingerprint density at radius 1 is 0.880 bits per heavy atom. The van der Waals surface area contributed by atoms with Crippen LogP contribution in [-0.2, 0) is 4.79 Å². The summed E-state index contributed by atoms with van der Waals surface area (Å²) in [6.45, 7) is 2.38. The van der Waals surface area contributed by atoms with E-state index in [0.717, 1.165) is 42.8 Å². The van der Waals surface area contributed by atoms with Crippen molar-refractivity contribution < 1.29 is 4.79 Å². The molecular formula is C22H30N2O. The lowest BCUT2D eigenvalue weighted by Gasteiger charge is -2.58. The van der Waals surface area contributed by atoms with Gasteiger partial charge in [0.2, 0.25) is 5.91 Å². The number of hydrogen-bond acceptors (Lipinski definition) is 2. The molecular weight excluding hydrogens is 308 g/mol. The summed E-state index contributed by atoms with van der Waals surface area (Å²) < 4.78 is 0. The number of nitrogens with zero attached hydrogens (tertiary/aromatic N) is 2. The molecule has 0 N–H and O–H groups in total. The van der Waals surface area contributed by atoms with Crippen molar-refractivity contribution in [3.63, 3.8) is 0 Å². The number of piperidine rings is 1. The average Bonchev–Trinajstić information content (AvgIpc) is 2.62. The molecule has 2 saturated heterocycles. The van der Waals surface area contributed by atoms with Gasteiger partial charge in [-0.25, -0.2) is 0 Å². The van der Waals surface area contributed by atoms with E-state index in [0.29, 0.717) is 5.91 Å². The van der Waals surface area contributed by atoms with Gasteiger partial charge in [0, 0.05) is 24.8 Å². The molecule has 1 aromatic carbocycles. The lowest BCUT2D eigenvalue weighted by Crippen LogP contribution is -2.68. The Hall–Kier alpha value is -1.35. The number of β-lactam (4-membered cyclic amide) rings is 1. The second-order valence-electron chi connectivity index (χ2n) is 8.87. The van der Waals surface area contributed by atoms with Gasteiger partial charge in [-0.15, -0.1) is 0 Å². The van der Waals surface area contributed by atoms with E-state index in [9.17, 15) is 4.79 Å². The molecule has 2 aliphatic carbocycles. The van der Waals surface area contributed by atoms with Crippen LogP contribution in [0.4, 0.5) is 5.69 Å². The van der Waals surface area contributed by atoms with E-state index >= 15 is 0 Å². The molecule has 1 spiro atoms. The highest BCUT2D eigenvalue weighted by molar-refractivity contribution is 6.02. The van der Waals surface area contributed by atoms with E-state index in [1.165, 1.54) is 51.6 Å². The van der Waals surface area contributed by atoms with Crippen LogP contribution in [0, 0.1) is 11.8 Å². The number of para-hydroxylation sites is 1. The summed E-state index contributed by atoms with van der Waals surface area (Å²) in [6.07, 6.45) is 11.8. The highest BCUT2D eigenvalue weighted by atomic mass is 16.2. The number of benzene rings is 1. The van der Waals surface area contributed by atoms with Crippen molar-refractivity contribution in [1.29, 1.82) is 0 Å². The van der Waals surface area contributed by atoms with Crippen LogP contribution in [-0.4, -0.2) is 35.5 Å². The lowest BCUT2D eigenvalue weighted by atomic mass is 9.66. The van der Waals surface area contributed by atoms with Gasteiger partial charge in [0.1, 0.15) is 0 Å². The van der Waals surface area contributed by atoms with Crippen LogP contribution >= 0.6 is 0 Å². The minimum atomic E-state index is 0.110. The Kier molecular flexibility index (Phi) is 3.89. The Labute approximate surface area is 151 Å². The molecule has 1 aromatic rings. The maximum absolute atomic E-state index is 12.4. The molecule has 2 heterocycles. The summed E-state index contributed by atoms with van der Waals surface area (Å²) in [4.78, 5) is 17.3. The van der Waals surface area contributed by atoms with Gasteiger partial charge in [0.25, 0.3) is 0 Å². The number of carbonyl (C=O) groups is 1. The molecule has 0 aromatic heterocycles. The number of anilines is 1. The van der Waals surface area contributed by atoms with Crippen LogP contribution in [0.5, 0.6) is 0 Å². The fourth-order valence-corrected chi connectivity index (χ4v) is 6.48. The molecule has 4 fully saturated rings. The number of amides is 1. The van der Waals surface area contributed by atoms with Crippen LogP contribution in [0.1, 0.15) is 57.8 Å². The summed E-state index contributed by atoms with van der Waals surface area (Å²) >= 11 is 0. The van der Waals surface area contributed by atoms with Crippen LogP contribution in [0.2, 0.25) is 0 Å². The van der Waals surface area contributed by atoms with E-state index in [1.807, 2.05) is 18.2 Å². The summed E-state index contributed by atoms with van der Waals surface area (Å²) in [5.41, 5.74) is 1.21. The topological polar surface area (TPSA) is 23.6 Å². The molecule has 0 unspecified atom stereocenters. The molecule has 3 heteroatoms. The number of carbonyl (C=O) groups excluding carboxylic acids is 1. The number of likely N-dealkylation sites (tertiary alicyclic amines) is 1. The quantitative estimate of drug-likeness (QED) is 0.754. The molecule has 0 atom stereocenters. The molecule has 2 bridgehead atoms. The Morgan fingerprint density at radius 3 is 2.04 bits per heavy atom. The van der Waals surface area contributed by atoms with Gasteiger partial charge >= 0.3 is 0 Å². The molecule has 3 nitrogen and oxygen atoms in total. The van der Waals surface area contributed by atoms with Crippen molar-refractivity contribution in [3.8, 4) is 0 Å². The largest absolute Gasteiger partial charge is 0.306 e.